The Labute approximate surface area is 476 Å². The number of anilines is 2. The van der Waals surface area contributed by atoms with E-state index in [4.69, 9.17) is 0 Å². The zero-order chi connectivity index (χ0) is 53.4. The summed E-state index contributed by atoms with van der Waals surface area (Å²) in [7, 11) is 0. The first-order chi connectivity index (χ1) is 38.6. The maximum Gasteiger partial charge on any atom is 0.205 e. The number of hydrogen-bond acceptors (Lipinski definition) is 3. The van der Waals surface area contributed by atoms with Gasteiger partial charge < -0.3 is 10.0 Å². The Morgan fingerprint density at radius 3 is 1.29 bits per heavy atom. The number of allylic oxidation sites excluding steroid dienone is 6. The van der Waals surface area contributed by atoms with Crippen molar-refractivity contribution >= 4 is 34.1 Å². The van der Waals surface area contributed by atoms with Gasteiger partial charge >= 0.3 is 0 Å². The minimum atomic E-state index is -0.640. The van der Waals surface area contributed by atoms with Gasteiger partial charge in [0, 0.05) is 66.0 Å². The summed E-state index contributed by atoms with van der Waals surface area (Å²) in [5.74, 6) is 2.55. The molecule has 1 unspecified atom stereocenters. The molecule has 0 radical (unpaired) electrons. The van der Waals surface area contributed by atoms with E-state index < -0.39 is 5.92 Å². The number of hydrogen-bond donors (Lipinski definition) is 0. The van der Waals surface area contributed by atoms with E-state index in [9.17, 15) is 9.90 Å². The molecule has 6 aliphatic rings. The van der Waals surface area contributed by atoms with Crippen molar-refractivity contribution in [2.45, 2.75) is 269 Å². The van der Waals surface area contributed by atoms with Crippen molar-refractivity contribution in [2.24, 2.45) is 23.7 Å². The summed E-state index contributed by atoms with van der Waals surface area (Å²) < 4.78 is 2.49. The number of ketones is 1. The molecule has 424 valence electrons. The predicted octanol–water partition coefficient (Wildman–Crippen LogP) is 20.7. The summed E-state index contributed by atoms with van der Waals surface area (Å²) in [6.45, 7) is 1.93. The van der Waals surface area contributed by atoms with E-state index in [1.165, 1.54) is 266 Å². The van der Waals surface area contributed by atoms with Gasteiger partial charge in [-0.25, -0.2) is 0 Å². The Hall–Kier alpha value is -4.18. The van der Waals surface area contributed by atoms with Crippen LogP contribution in [0.3, 0.4) is 0 Å². The van der Waals surface area contributed by atoms with E-state index in [1.807, 2.05) is 12.1 Å². The van der Waals surface area contributed by atoms with Gasteiger partial charge in [-0.05, 0) is 103 Å². The second-order valence-corrected chi connectivity index (χ2v) is 26.0. The molecule has 0 aromatic heterocycles. The monoisotopic (exact) mass is 1050 g/mol. The highest BCUT2D eigenvalue weighted by Crippen LogP contribution is 2.42. The van der Waals surface area contributed by atoms with Crippen molar-refractivity contribution in [3.63, 3.8) is 0 Å². The first-order valence-electron chi connectivity index (χ1n) is 33.6. The lowest BCUT2D eigenvalue weighted by Crippen LogP contribution is -2.41. The van der Waals surface area contributed by atoms with E-state index in [-0.39, 0.29) is 17.5 Å². The second kappa shape index (κ2) is 32.3. The van der Waals surface area contributed by atoms with E-state index in [2.05, 4.69) is 94.4 Å². The van der Waals surface area contributed by atoms with Crippen LogP contribution in [0.2, 0.25) is 0 Å². The van der Waals surface area contributed by atoms with Crippen LogP contribution >= 0.6 is 0 Å². The number of rotatable bonds is 31. The molecule has 0 N–H and O–H groups in total. The standard InChI is InChI=1S/C74H106N2O2/c77-73-71(65-45-53-69(54-46-65)75(67-49-41-63(42-50-67)61-37-25-17-26-38-61)57-29-13-9-5-1-3-7-11-19-31-59-33-21-15-22-34-59)74(78)72(73)66-47-55-70(56-48-66)76(68-51-43-64(44-52-68)62-39-27-18-28-40-62)58-30-14-10-6-2-4-8-12-20-32-60-35-23-16-24-36-60/h41-56,59-62,65,71H,1-40,57-58H2. The van der Waals surface area contributed by atoms with Crippen LogP contribution in [0.5, 0.6) is 0 Å². The van der Waals surface area contributed by atoms with Gasteiger partial charge in [0.2, 0.25) is 11.4 Å². The average molecular weight is 1060 g/mol. The van der Waals surface area contributed by atoms with Crippen LogP contribution in [0.1, 0.15) is 285 Å². The van der Waals surface area contributed by atoms with E-state index >= 15 is 0 Å². The number of benzene rings is 3. The molecule has 0 amide bonds. The quantitative estimate of drug-likeness (QED) is 0.0476. The van der Waals surface area contributed by atoms with Gasteiger partial charge in [0.15, 0.2) is 5.78 Å². The zero-order valence-corrected chi connectivity index (χ0v) is 49.1. The minimum Gasteiger partial charge on any atom is -0.874 e. The van der Waals surface area contributed by atoms with Crippen molar-refractivity contribution in [2.75, 3.05) is 18.0 Å². The summed E-state index contributed by atoms with van der Waals surface area (Å²) in [5.41, 5.74) is 8.88. The van der Waals surface area contributed by atoms with E-state index in [1.54, 1.807) is 0 Å². The molecule has 0 saturated heterocycles. The summed E-state index contributed by atoms with van der Waals surface area (Å²) in [5, 5.41) is 14.1. The molecule has 3 aromatic rings. The van der Waals surface area contributed by atoms with Crippen LogP contribution in [0.25, 0.3) is 5.57 Å². The lowest BCUT2D eigenvalue weighted by molar-refractivity contribution is -0.439. The lowest BCUT2D eigenvalue weighted by Gasteiger charge is -2.40. The number of nitrogens with zero attached hydrogens (tertiary/aromatic N) is 2. The fourth-order valence-corrected chi connectivity index (χ4v) is 15.2. The Kier molecular flexibility index (Phi) is 24.2. The number of carbonyl (C=O) groups is 1. The van der Waals surface area contributed by atoms with Gasteiger partial charge in [0.05, 0.1) is 0 Å². The van der Waals surface area contributed by atoms with Gasteiger partial charge in [-0.3, -0.25) is 4.79 Å². The Bertz CT molecular complexity index is 2310. The normalized spacial score (nSPS) is 20.9. The maximum absolute atomic E-state index is 14.1. The molecule has 0 spiro atoms. The van der Waals surface area contributed by atoms with Crippen LogP contribution in [0.4, 0.5) is 17.1 Å². The zero-order valence-electron chi connectivity index (χ0n) is 49.1. The highest BCUT2D eigenvalue weighted by atomic mass is 16.3. The van der Waals surface area contributed by atoms with Crippen molar-refractivity contribution < 1.29 is 14.5 Å². The van der Waals surface area contributed by atoms with Gasteiger partial charge in [0.25, 0.3) is 0 Å². The topological polar surface area (TPSA) is 46.4 Å². The lowest BCUT2D eigenvalue weighted by atomic mass is 9.71. The predicted molar refractivity (Wildman–Crippen MR) is 330 cm³/mol. The van der Waals surface area contributed by atoms with Crippen molar-refractivity contribution in [3.05, 3.63) is 120 Å². The Morgan fingerprint density at radius 2 is 0.833 bits per heavy atom. The van der Waals surface area contributed by atoms with Crippen LogP contribution in [-0.4, -0.2) is 29.2 Å². The van der Waals surface area contributed by atoms with Crippen LogP contribution in [0.15, 0.2) is 103 Å². The number of carbonyl (C=O) groups excluding carboxylic acids is 1. The highest BCUT2D eigenvalue weighted by Gasteiger charge is 2.39. The third-order valence-corrected chi connectivity index (χ3v) is 20.2. The Balaban J connectivity index is 0.781. The first kappa shape index (κ1) is 58.5. The molecule has 4 heteroatoms. The summed E-state index contributed by atoms with van der Waals surface area (Å²) >= 11 is 0. The fraction of sp³-hybridized carbons (Fsp3) is 0.649. The molecule has 4 saturated carbocycles. The minimum absolute atomic E-state index is 0.0142. The van der Waals surface area contributed by atoms with Gasteiger partial charge in [-0.2, -0.15) is 4.58 Å². The van der Waals surface area contributed by atoms with Crippen molar-refractivity contribution in [3.8, 4) is 0 Å². The molecule has 6 aliphatic carbocycles. The summed E-state index contributed by atoms with van der Waals surface area (Å²) in [6, 6.07) is 27.3. The smallest absolute Gasteiger partial charge is 0.205 e. The van der Waals surface area contributed by atoms with Crippen LogP contribution < -0.4 is 10.0 Å². The molecule has 78 heavy (non-hydrogen) atoms. The van der Waals surface area contributed by atoms with Gasteiger partial charge in [-0.15, -0.1) is 5.76 Å². The third kappa shape index (κ3) is 17.4. The number of Topliss-reactive ketones (excluding diaryl/α,β-unsaturated/α-hetero) is 1. The van der Waals surface area contributed by atoms with Gasteiger partial charge in [0.1, 0.15) is 6.54 Å². The molecule has 0 aliphatic heterocycles. The second-order valence-electron chi connectivity index (χ2n) is 26.0. The molecule has 1 atom stereocenters. The molecule has 3 aromatic carbocycles. The van der Waals surface area contributed by atoms with Crippen molar-refractivity contribution in [1.82, 2.24) is 0 Å². The average Bonchev–Trinajstić information content (AvgIpc) is 3.66. The largest absolute Gasteiger partial charge is 0.874 e. The molecular weight excluding hydrogens is 949 g/mol. The third-order valence-electron chi connectivity index (χ3n) is 20.2. The van der Waals surface area contributed by atoms with Crippen molar-refractivity contribution in [1.29, 1.82) is 0 Å². The number of unbranched alkanes of at least 4 members (excludes halogenated alkanes) is 16. The van der Waals surface area contributed by atoms with Gasteiger partial charge in [-0.1, -0.05) is 260 Å². The fourth-order valence-electron chi connectivity index (χ4n) is 15.2. The maximum atomic E-state index is 14.1. The Morgan fingerprint density at radius 1 is 0.436 bits per heavy atom. The molecule has 9 rings (SSSR count). The van der Waals surface area contributed by atoms with E-state index in [0.717, 1.165) is 54.7 Å². The SMILES string of the molecule is O=C1C(c2ccc(N(CCCCCCCCCCCC3CCCCC3)c3ccc(C4CCCCC4)cc3)cc2)=C([O-])C1C1C=CC(=[N+](CCCCCCCCCCCC2CCCCC2)c2ccc(C3CCCCC3)cc2)C=C1. The summed E-state index contributed by atoms with van der Waals surface area (Å²) in [4.78, 5) is 16.5. The van der Waals surface area contributed by atoms with Crippen LogP contribution in [0, 0.1) is 23.7 Å². The van der Waals surface area contributed by atoms with Crippen LogP contribution in [-0.2, 0) is 4.79 Å². The molecule has 4 fully saturated rings. The molecule has 0 bridgehead atoms. The van der Waals surface area contributed by atoms with E-state index in [0.29, 0.717) is 17.4 Å². The molecule has 4 nitrogen and oxygen atoms in total. The highest BCUT2D eigenvalue weighted by molar-refractivity contribution is 6.29. The molecule has 0 heterocycles. The first-order valence-corrected chi connectivity index (χ1v) is 33.6. The molecular formula is C74H106N2O2. The summed E-state index contributed by atoms with van der Waals surface area (Å²) in [6.07, 6.45) is 63.9.